The zero-order valence-electron chi connectivity index (χ0n) is 17.6. The Morgan fingerprint density at radius 1 is 1.11 bits per heavy atom. The van der Waals surface area contributed by atoms with Crippen molar-refractivity contribution >= 4 is 5.96 Å². The van der Waals surface area contributed by atoms with Gasteiger partial charge >= 0.3 is 0 Å². The first kappa shape index (κ1) is 20.9. The van der Waals surface area contributed by atoms with Crippen LogP contribution < -0.4 is 15.4 Å². The van der Waals surface area contributed by atoms with Gasteiger partial charge in [0.15, 0.2) is 5.96 Å². The van der Waals surface area contributed by atoms with Crippen LogP contribution >= 0.6 is 0 Å². The summed E-state index contributed by atoms with van der Waals surface area (Å²) < 4.78 is 16.9. The fraction of sp³-hybridized carbons (Fsp3) is 0.682. The van der Waals surface area contributed by atoms with E-state index in [2.05, 4.69) is 36.6 Å². The number of nitrogens with one attached hydrogen (secondary N) is 2. The fourth-order valence-corrected chi connectivity index (χ4v) is 4.08. The Morgan fingerprint density at radius 3 is 2.46 bits per heavy atom. The maximum atomic E-state index is 5.88. The van der Waals surface area contributed by atoms with Crippen molar-refractivity contribution in [2.45, 2.75) is 50.5 Å². The molecule has 1 aromatic carbocycles. The molecule has 1 atom stereocenters. The fourth-order valence-electron chi connectivity index (χ4n) is 4.08. The summed E-state index contributed by atoms with van der Waals surface area (Å²) in [5.41, 5.74) is 1.23. The molecule has 0 aromatic heterocycles. The predicted octanol–water partition coefficient (Wildman–Crippen LogP) is 2.87. The van der Waals surface area contributed by atoms with E-state index in [1.54, 1.807) is 7.11 Å². The second kappa shape index (κ2) is 9.61. The van der Waals surface area contributed by atoms with Crippen molar-refractivity contribution in [2.75, 3.05) is 46.6 Å². The van der Waals surface area contributed by atoms with E-state index in [1.165, 1.54) is 5.56 Å². The highest BCUT2D eigenvalue weighted by Gasteiger charge is 2.35. The third kappa shape index (κ3) is 5.17. The summed E-state index contributed by atoms with van der Waals surface area (Å²) in [4.78, 5) is 4.82. The van der Waals surface area contributed by atoms with Crippen LogP contribution in [-0.4, -0.2) is 58.1 Å². The van der Waals surface area contributed by atoms with Crippen LogP contribution in [0.5, 0.6) is 5.75 Å². The van der Waals surface area contributed by atoms with Crippen LogP contribution in [0.1, 0.15) is 45.1 Å². The molecule has 2 N–H and O–H groups in total. The number of rotatable bonds is 7. The Hall–Kier alpha value is -1.79. The number of benzene rings is 1. The molecule has 3 rings (SSSR count). The summed E-state index contributed by atoms with van der Waals surface area (Å²) in [7, 11) is 1.70. The van der Waals surface area contributed by atoms with Gasteiger partial charge in [0.1, 0.15) is 5.75 Å². The molecule has 0 aliphatic carbocycles. The van der Waals surface area contributed by atoms with Gasteiger partial charge < -0.3 is 24.8 Å². The van der Waals surface area contributed by atoms with Crippen molar-refractivity contribution in [1.82, 2.24) is 10.6 Å². The zero-order chi connectivity index (χ0) is 19.9. The highest BCUT2D eigenvalue weighted by atomic mass is 16.5. The summed E-state index contributed by atoms with van der Waals surface area (Å²) in [6, 6.07) is 8.46. The molecule has 0 saturated carbocycles. The molecule has 6 heteroatoms. The molecule has 1 unspecified atom stereocenters. The summed E-state index contributed by atoms with van der Waals surface area (Å²) >= 11 is 0. The Balaban J connectivity index is 1.71. The molecular formula is C22H35N3O3. The van der Waals surface area contributed by atoms with E-state index >= 15 is 0 Å². The van der Waals surface area contributed by atoms with E-state index < -0.39 is 0 Å². The van der Waals surface area contributed by atoms with Gasteiger partial charge in [-0.25, -0.2) is 0 Å². The number of nitrogens with zero attached hydrogens (tertiary/aromatic N) is 1. The minimum atomic E-state index is -0.130. The van der Waals surface area contributed by atoms with Crippen molar-refractivity contribution in [3.8, 4) is 5.75 Å². The third-order valence-electron chi connectivity index (χ3n) is 5.96. The molecule has 2 saturated heterocycles. The first-order valence-corrected chi connectivity index (χ1v) is 10.5. The van der Waals surface area contributed by atoms with Gasteiger partial charge in [-0.1, -0.05) is 12.1 Å². The van der Waals surface area contributed by atoms with Gasteiger partial charge in [0.25, 0.3) is 0 Å². The van der Waals surface area contributed by atoms with E-state index in [4.69, 9.17) is 19.2 Å². The largest absolute Gasteiger partial charge is 0.497 e. The highest BCUT2D eigenvalue weighted by molar-refractivity contribution is 5.80. The Bertz CT molecular complexity index is 633. The average molecular weight is 390 g/mol. The van der Waals surface area contributed by atoms with Gasteiger partial charge in [0, 0.05) is 38.3 Å². The predicted molar refractivity (Wildman–Crippen MR) is 112 cm³/mol. The maximum Gasteiger partial charge on any atom is 0.191 e. The van der Waals surface area contributed by atoms with Crippen LogP contribution in [0.15, 0.2) is 29.3 Å². The molecule has 0 spiro atoms. The standard InChI is InChI=1S/C22H35N3O3/c1-4-23-20(24-16-21(2)10-5-13-28-21)25-17-22(11-14-27-15-12-22)18-6-8-19(26-3)9-7-18/h6-9H,4-5,10-17H2,1-3H3,(H2,23,24,25). The lowest BCUT2D eigenvalue weighted by Crippen LogP contribution is -2.48. The van der Waals surface area contributed by atoms with Crippen LogP contribution in [0.4, 0.5) is 0 Å². The first-order valence-electron chi connectivity index (χ1n) is 10.5. The molecular weight excluding hydrogens is 354 g/mol. The summed E-state index contributed by atoms with van der Waals surface area (Å²) in [5, 5.41) is 6.98. The van der Waals surface area contributed by atoms with E-state index in [0.717, 1.165) is 70.3 Å². The van der Waals surface area contributed by atoms with Crippen LogP contribution in [0.25, 0.3) is 0 Å². The van der Waals surface area contributed by atoms with Crippen molar-refractivity contribution in [3.05, 3.63) is 29.8 Å². The monoisotopic (exact) mass is 389 g/mol. The molecule has 2 fully saturated rings. The van der Waals surface area contributed by atoms with Crippen molar-refractivity contribution in [2.24, 2.45) is 4.99 Å². The minimum Gasteiger partial charge on any atom is -0.497 e. The van der Waals surface area contributed by atoms with Crippen molar-refractivity contribution in [1.29, 1.82) is 0 Å². The average Bonchev–Trinajstić information content (AvgIpc) is 3.17. The molecule has 0 amide bonds. The number of aliphatic imine (C=N–C) groups is 1. The number of ether oxygens (including phenoxy) is 3. The van der Waals surface area contributed by atoms with Crippen molar-refractivity contribution < 1.29 is 14.2 Å². The van der Waals surface area contributed by atoms with Gasteiger partial charge in [-0.2, -0.15) is 0 Å². The molecule has 6 nitrogen and oxygen atoms in total. The second-order valence-corrected chi connectivity index (χ2v) is 8.07. The molecule has 1 aromatic rings. The molecule has 2 aliphatic heterocycles. The lowest BCUT2D eigenvalue weighted by atomic mass is 9.74. The molecule has 0 radical (unpaired) electrons. The van der Waals surface area contributed by atoms with E-state index in [1.807, 2.05) is 12.1 Å². The minimum absolute atomic E-state index is 0.0362. The number of methoxy groups -OCH3 is 1. The molecule has 2 aliphatic rings. The summed E-state index contributed by atoms with van der Waals surface area (Å²) in [6.07, 6.45) is 4.18. The topological polar surface area (TPSA) is 64.1 Å². The van der Waals surface area contributed by atoms with Gasteiger partial charge in [0.05, 0.1) is 19.3 Å². The molecule has 156 valence electrons. The van der Waals surface area contributed by atoms with E-state index in [0.29, 0.717) is 6.54 Å². The number of hydrogen-bond acceptors (Lipinski definition) is 4. The summed E-state index contributed by atoms with van der Waals surface area (Å²) in [6.45, 7) is 9.01. The van der Waals surface area contributed by atoms with Crippen molar-refractivity contribution in [3.63, 3.8) is 0 Å². The molecule has 28 heavy (non-hydrogen) atoms. The van der Waals surface area contributed by atoms with Gasteiger partial charge in [-0.05, 0) is 57.2 Å². The third-order valence-corrected chi connectivity index (χ3v) is 5.96. The van der Waals surface area contributed by atoms with E-state index in [-0.39, 0.29) is 11.0 Å². The normalized spacial score (nSPS) is 24.8. The number of guanidine groups is 1. The lowest BCUT2D eigenvalue weighted by Gasteiger charge is -2.38. The van der Waals surface area contributed by atoms with Gasteiger partial charge in [-0.3, -0.25) is 4.99 Å². The second-order valence-electron chi connectivity index (χ2n) is 8.07. The quantitative estimate of drug-likeness (QED) is 0.555. The SMILES string of the molecule is CCNC(=NCC1(C)CCCO1)NCC1(c2ccc(OC)cc2)CCOCC1. The molecule has 0 bridgehead atoms. The lowest BCUT2D eigenvalue weighted by molar-refractivity contribution is 0.0283. The Kier molecular flexibility index (Phi) is 7.18. The maximum absolute atomic E-state index is 5.88. The van der Waals surface area contributed by atoms with Crippen LogP contribution in [0, 0.1) is 0 Å². The first-order chi connectivity index (χ1) is 13.6. The highest BCUT2D eigenvalue weighted by Crippen LogP contribution is 2.35. The van der Waals surface area contributed by atoms with Crippen LogP contribution in [0.2, 0.25) is 0 Å². The Morgan fingerprint density at radius 2 is 1.86 bits per heavy atom. The molecule has 2 heterocycles. The smallest absolute Gasteiger partial charge is 0.191 e. The number of hydrogen-bond donors (Lipinski definition) is 2. The van der Waals surface area contributed by atoms with Crippen LogP contribution in [0.3, 0.4) is 0 Å². The van der Waals surface area contributed by atoms with Gasteiger partial charge in [0.2, 0.25) is 0 Å². The van der Waals surface area contributed by atoms with Crippen LogP contribution in [-0.2, 0) is 14.9 Å². The zero-order valence-corrected chi connectivity index (χ0v) is 17.6. The van der Waals surface area contributed by atoms with E-state index in [9.17, 15) is 0 Å². The Labute approximate surface area is 169 Å². The van der Waals surface area contributed by atoms with Gasteiger partial charge in [-0.15, -0.1) is 0 Å². The summed E-state index contributed by atoms with van der Waals surface area (Å²) in [5.74, 6) is 1.75.